The number of nitrogens with zero attached hydrogens (tertiary/aromatic N) is 4. The van der Waals surface area contributed by atoms with Gasteiger partial charge in [-0.05, 0) is 20.2 Å². The summed E-state index contributed by atoms with van der Waals surface area (Å²) in [7, 11) is 3.86. The zero-order valence-electron chi connectivity index (χ0n) is 9.06. The molecule has 2 aromatic rings. The van der Waals surface area contributed by atoms with E-state index >= 15 is 0 Å². The van der Waals surface area contributed by atoms with Gasteiger partial charge in [-0.1, -0.05) is 5.16 Å². The van der Waals surface area contributed by atoms with Crippen molar-refractivity contribution in [3.8, 4) is 17.7 Å². The van der Waals surface area contributed by atoms with Crippen molar-refractivity contribution in [1.29, 1.82) is 5.26 Å². The second-order valence-electron chi connectivity index (χ2n) is 3.67. The average Bonchev–Trinajstić information content (AvgIpc) is 2.83. The van der Waals surface area contributed by atoms with Crippen LogP contribution in [0.15, 0.2) is 16.8 Å². The van der Waals surface area contributed by atoms with Crippen LogP contribution >= 0.6 is 0 Å². The van der Waals surface area contributed by atoms with Crippen LogP contribution < -0.4 is 0 Å². The molecule has 0 aliphatic heterocycles. The van der Waals surface area contributed by atoms with Crippen LogP contribution in [0.25, 0.3) is 11.6 Å². The highest BCUT2D eigenvalue weighted by molar-refractivity contribution is 5.51. The Kier molecular flexibility index (Phi) is 2.70. The van der Waals surface area contributed by atoms with E-state index in [0.29, 0.717) is 29.5 Å². The van der Waals surface area contributed by atoms with Gasteiger partial charge in [0.25, 0.3) is 5.89 Å². The quantitative estimate of drug-likeness (QED) is 0.829. The van der Waals surface area contributed by atoms with E-state index in [-0.39, 0.29) is 0 Å². The predicted octanol–water partition coefficient (Wildman–Crippen LogP) is 0.998. The number of nitrogens with one attached hydrogen (secondary N) is 1. The summed E-state index contributed by atoms with van der Waals surface area (Å²) >= 11 is 0. The summed E-state index contributed by atoms with van der Waals surface area (Å²) in [5.74, 6) is 1.02. The lowest BCUT2D eigenvalue weighted by Crippen LogP contribution is -2.11. The van der Waals surface area contributed by atoms with E-state index in [9.17, 15) is 0 Å². The molecule has 0 unspecified atom stereocenters. The van der Waals surface area contributed by atoms with E-state index in [1.54, 1.807) is 12.3 Å². The van der Waals surface area contributed by atoms with Crippen LogP contribution in [-0.4, -0.2) is 34.1 Å². The van der Waals surface area contributed by atoms with Crippen LogP contribution in [0.1, 0.15) is 11.4 Å². The smallest absolute Gasteiger partial charge is 0.274 e. The zero-order valence-corrected chi connectivity index (χ0v) is 9.06. The van der Waals surface area contributed by atoms with Gasteiger partial charge in [0.2, 0.25) is 0 Å². The Morgan fingerprint density at radius 3 is 3.00 bits per heavy atom. The number of aromatic amines is 1. The van der Waals surface area contributed by atoms with Crippen LogP contribution in [0.3, 0.4) is 0 Å². The van der Waals surface area contributed by atoms with E-state index in [1.165, 1.54) is 0 Å². The molecule has 0 aliphatic rings. The first-order chi connectivity index (χ1) is 7.69. The summed E-state index contributed by atoms with van der Waals surface area (Å²) < 4.78 is 5.08. The van der Waals surface area contributed by atoms with Gasteiger partial charge in [-0.25, -0.2) is 0 Å². The molecule has 2 aromatic heterocycles. The maximum Gasteiger partial charge on any atom is 0.274 e. The molecule has 2 heterocycles. The van der Waals surface area contributed by atoms with Crippen molar-refractivity contribution in [2.45, 2.75) is 6.54 Å². The first-order valence-corrected chi connectivity index (χ1v) is 4.75. The second kappa shape index (κ2) is 4.16. The number of rotatable bonds is 3. The number of nitriles is 1. The van der Waals surface area contributed by atoms with Crippen LogP contribution in [0.5, 0.6) is 0 Å². The van der Waals surface area contributed by atoms with Crippen molar-refractivity contribution in [2.75, 3.05) is 14.1 Å². The van der Waals surface area contributed by atoms with Crippen LogP contribution in [0.4, 0.5) is 0 Å². The Labute approximate surface area is 92.5 Å². The van der Waals surface area contributed by atoms with Gasteiger partial charge in [0.05, 0.1) is 12.1 Å². The molecule has 16 heavy (non-hydrogen) atoms. The fourth-order valence-electron chi connectivity index (χ4n) is 1.29. The minimum atomic E-state index is 0.401. The average molecular weight is 217 g/mol. The molecule has 0 amide bonds. The lowest BCUT2D eigenvalue weighted by molar-refractivity contribution is 0.365. The van der Waals surface area contributed by atoms with Gasteiger partial charge >= 0.3 is 0 Å². The van der Waals surface area contributed by atoms with Crippen molar-refractivity contribution in [1.82, 2.24) is 20.0 Å². The number of hydrogen-bond donors (Lipinski definition) is 1. The summed E-state index contributed by atoms with van der Waals surface area (Å²) in [6.07, 6.45) is 1.60. The fraction of sp³-hybridized carbons (Fsp3) is 0.300. The molecule has 0 saturated heterocycles. The second-order valence-corrected chi connectivity index (χ2v) is 3.67. The van der Waals surface area contributed by atoms with E-state index < -0.39 is 0 Å². The van der Waals surface area contributed by atoms with Gasteiger partial charge in [0, 0.05) is 6.20 Å². The molecule has 0 spiro atoms. The molecule has 0 aromatic carbocycles. The molecule has 0 fully saturated rings. The van der Waals surface area contributed by atoms with Crippen molar-refractivity contribution in [3.05, 3.63) is 23.7 Å². The summed E-state index contributed by atoms with van der Waals surface area (Å²) in [5.41, 5.74) is 1.21. The number of hydrogen-bond acceptors (Lipinski definition) is 5. The molecular weight excluding hydrogens is 206 g/mol. The topological polar surface area (TPSA) is 81.7 Å². The summed E-state index contributed by atoms with van der Waals surface area (Å²) in [6, 6.07) is 3.70. The SMILES string of the molecule is CN(C)Cc1noc(-c2cc(C#N)c[nH]2)n1. The van der Waals surface area contributed by atoms with Gasteiger partial charge in [-0.15, -0.1) is 0 Å². The first-order valence-electron chi connectivity index (χ1n) is 4.75. The molecule has 0 saturated carbocycles. The molecule has 0 radical (unpaired) electrons. The standard InChI is InChI=1S/C10H11N5O/c1-15(2)6-9-13-10(16-14-9)8-3-7(4-11)5-12-8/h3,5,12H,6H2,1-2H3. The van der Waals surface area contributed by atoms with E-state index in [0.717, 1.165) is 0 Å². The van der Waals surface area contributed by atoms with Gasteiger partial charge in [-0.3, -0.25) is 0 Å². The highest BCUT2D eigenvalue weighted by atomic mass is 16.5. The summed E-state index contributed by atoms with van der Waals surface area (Å²) in [4.78, 5) is 9.06. The molecule has 1 N–H and O–H groups in total. The van der Waals surface area contributed by atoms with Crippen molar-refractivity contribution in [2.24, 2.45) is 0 Å². The van der Waals surface area contributed by atoms with Crippen LogP contribution in [-0.2, 0) is 6.54 Å². The Bertz CT molecular complexity index is 519. The maximum atomic E-state index is 8.68. The van der Waals surface area contributed by atoms with E-state index in [4.69, 9.17) is 9.78 Å². The summed E-state index contributed by atoms with van der Waals surface area (Å²) in [5, 5.41) is 12.5. The molecule has 0 atom stereocenters. The van der Waals surface area contributed by atoms with Crippen LogP contribution in [0, 0.1) is 11.3 Å². The minimum Gasteiger partial charge on any atom is -0.356 e. The Morgan fingerprint density at radius 1 is 1.56 bits per heavy atom. The normalized spacial score (nSPS) is 10.6. The highest BCUT2D eigenvalue weighted by Crippen LogP contribution is 2.16. The molecule has 6 nitrogen and oxygen atoms in total. The number of aromatic nitrogens is 3. The minimum absolute atomic E-state index is 0.401. The fourth-order valence-corrected chi connectivity index (χ4v) is 1.29. The van der Waals surface area contributed by atoms with Crippen molar-refractivity contribution >= 4 is 0 Å². The van der Waals surface area contributed by atoms with Gasteiger partial charge in [0.15, 0.2) is 5.82 Å². The Hall–Kier alpha value is -2.13. The van der Waals surface area contributed by atoms with Gasteiger partial charge < -0.3 is 14.4 Å². The van der Waals surface area contributed by atoms with Gasteiger partial charge in [-0.2, -0.15) is 10.2 Å². The van der Waals surface area contributed by atoms with Crippen molar-refractivity contribution in [3.63, 3.8) is 0 Å². The molecule has 0 bridgehead atoms. The molecule has 2 rings (SSSR count). The largest absolute Gasteiger partial charge is 0.356 e. The van der Waals surface area contributed by atoms with E-state index in [2.05, 4.69) is 15.1 Å². The molecule has 0 aliphatic carbocycles. The summed E-state index contributed by atoms with van der Waals surface area (Å²) in [6.45, 7) is 0.620. The monoisotopic (exact) mass is 217 g/mol. The third-order valence-corrected chi connectivity index (χ3v) is 1.97. The highest BCUT2D eigenvalue weighted by Gasteiger charge is 2.11. The molecule has 6 heteroatoms. The van der Waals surface area contributed by atoms with Crippen LogP contribution in [0.2, 0.25) is 0 Å². The number of H-pyrrole nitrogens is 1. The Balaban J connectivity index is 2.21. The predicted molar refractivity (Wildman–Crippen MR) is 56.2 cm³/mol. The maximum absolute atomic E-state index is 8.68. The van der Waals surface area contributed by atoms with E-state index in [1.807, 2.05) is 25.1 Å². The van der Waals surface area contributed by atoms with Crippen molar-refractivity contribution < 1.29 is 4.52 Å². The lowest BCUT2D eigenvalue weighted by Gasteiger charge is -2.03. The Morgan fingerprint density at radius 2 is 2.38 bits per heavy atom. The van der Waals surface area contributed by atoms with Gasteiger partial charge in [0.1, 0.15) is 11.8 Å². The third-order valence-electron chi connectivity index (χ3n) is 1.97. The molecular formula is C10H11N5O. The lowest BCUT2D eigenvalue weighted by atomic mass is 10.3. The molecule has 82 valence electrons. The third kappa shape index (κ3) is 2.10. The first kappa shape index (κ1) is 10.4. The zero-order chi connectivity index (χ0) is 11.5.